The van der Waals surface area contributed by atoms with Gasteiger partial charge in [0.1, 0.15) is 0 Å². The van der Waals surface area contributed by atoms with E-state index >= 15 is 0 Å². The number of hydrogen-bond acceptors (Lipinski definition) is 3. The lowest BCUT2D eigenvalue weighted by Crippen LogP contribution is -2.34. The number of rotatable bonds is 4. The molecule has 1 rings (SSSR count). The molecule has 0 spiro atoms. The minimum Gasteiger partial charge on any atom is -0.409 e. The summed E-state index contributed by atoms with van der Waals surface area (Å²) in [5, 5.41) is 14.3. The van der Waals surface area contributed by atoms with E-state index in [9.17, 15) is 4.79 Å². The number of carbonyl (C=O) groups is 1. The average Bonchev–Trinajstić information content (AvgIpc) is 2.33. The molecule has 0 heterocycles. The van der Waals surface area contributed by atoms with Gasteiger partial charge in [-0.1, -0.05) is 28.0 Å². The van der Waals surface area contributed by atoms with E-state index in [0.717, 1.165) is 10.0 Å². The molecular formula is C12H16BrN3O2. The Morgan fingerprint density at radius 1 is 1.61 bits per heavy atom. The van der Waals surface area contributed by atoms with E-state index in [0.29, 0.717) is 12.1 Å². The molecule has 0 saturated carbocycles. The first-order chi connectivity index (χ1) is 8.49. The molecule has 1 atom stereocenters. The molecule has 18 heavy (non-hydrogen) atoms. The third-order valence-electron chi connectivity index (χ3n) is 2.64. The van der Waals surface area contributed by atoms with Crippen molar-refractivity contribution >= 4 is 33.4 Å². The topological polar surface area (TPSA) is 87.7 Å². The summed E-state index contributed by atoms with van der Waals surface area (Å²) in [5.41, 5.74) is 7.13. The van der Waals surface area contributed by atoms with Gasteiger partial charge < -0.3 is 16.3 Å². The van der Waals surface area contributed by atoms with Crippen molar-refractivity contribution in [1.82, 2.24) is 0 Å². The van der Waals surface area contributed by atoms with Crippen LogP contribution in [0, 0.1) is 12.8 Å². The average molecular weight is 314 g/mol. The van der Waals surface area contributed by atoms with Crippen LogP contribution in [0.3, 0.4) is 0 Å². The third-order valence-corrected chi connectivity index (χ3v) is 3.14. The Bertz CT molecular complexity index is 474. The Labute approximate surface area is 114 Å². The number of amidine groups is 1. The predicted molar refractivity (Wildman–Crippen MR) is 74.7 cm³/mol. The van der Waals surface area contributed by atoms with Crippen LogP contribution in [0.5, 0.6) is 0 Å². The zero-order chi connectivity index (χ0) is 13.7. The molecule has 0 aliphatic heterocycles. The van der Waals surface area contributed by atoms with Crippen molar-refractivity contribution in [2.24, 2.45) is 16.8 Å². The molecule has 1 amide bonds. The monoisotopic (exact) mass is 313 g/mol. The van der Waals surface area contributed by atoms with Gasteiger partial charge in [0.15, 0.2) is 5.84 Å². The number of aryl methyl sites for hydroxylation is 1. The Hall–Kier alpha value is -1.56. The number of nitrogens with two attached hydrogens (primary N) is 1. The number of nitrogens with one attached hydrogen (secondary N) is 1. The largest absolute Gasteiger partial charge is 0.409 e. The minimum absolute atomic E-state index is 0.0789. The predicted octanol–water partition coefficient (Wildman–Crippen LogP) is 2.47. The highest BCUT2D eigenvalue weighted by molar-refractivity contribution is 9.10. The second-order valence-electron chi connectivity index (χ2n) is 3.93. The first-order valence-electron chi connectivity index (χ1n) is 5.54. The van der Waals surface area contributed by atoms with Crippen molar-refractivity contribution < 1.29 is 10.0 Å². The lowest BCUT2D eigenvalue weighted by molar-refractivity contribution is -0.118. The van der Waals surface area contributed by atoms with E-state index in [1.54, 1.807) is 13.0 Å². The van der Waals surface area contributed by atoms with Gasteiger partial charge >= 0.3 is 0 Å². The smallest absolute Gasteiger partial charge is 0.235 e. The van der Waals surface area contributed by atoms with Gasteiger partial charge in [-0.15, -0.1) is 0 Å². The van der Waals surface area contributed by atoms with Crippen LogP contribution in [0.15, 0.2) is 27.8 Å². The second kappa shape index (κ2) is 6.39. The Morgan fingerprint density at radius 2 is 2.28 bits per heavy atom. The summed E-state index contributed by atoms with van der Waals surface area (Å²) >= 11 is 3.35. The summed E-state index contributed by atoms with van der Waals surface area (Å²) in [5.74, 6) is -0.985. The minimum atomic E-state index is -0.627. The molecule has 1 unspecified atom stereocenters. The molecule has 0 bridgehead atoms. The zero-order valence-corrected chi connectivity index (χ0v) is 11.9. The van der Waals surface area contributed by atoms with E-state index < -0.39 is 5.92 Å². The van der Waals surface area contributed by atoms with Crippen LogP contribution in [-0.2, 0) is 4.79 Å². The first kappa shape index (κ1) is 14.5. The van der Waals surface area contributed by atoms with Gasteiger partial charge in [0.25, 0.3) is 0 Å². The number of benzene rings is 1. The fourth-order valence-electron chi connectivity index (χ4n) is 1.59. The van der Waals surface area contributed by atoms with Gasteiger partial charge in [-0.25, -0.2) is 0 Å². The molecule has 0 fully saturated rings. The lowest BCUT2D eigenvalue weighted by Gasteiger charge is -2.14. The Morgan fingerprint density at radius 3 is 2.78 bits per heavy atom. The summed E-state index contributed by atoms with van der Waals surface area (Å²) in [4.78, 5) is 12.0. The van der Waals surface area contributed by atoms with Crippen LogP contribution < -0.4 is 11.1 Å². The zero-order valence-electron chi connectivity index (χ0n) is 10.3. The molecule has 6 heteroatoms. The molecule has 1 aromatic rings. The Balaban J connectivity index is 2.86. The van der Waals surface area contributed by atoms with Crippen LogP contribution in [-0.4, -0.2) is 17.0 Å². The van der Waals surface area contributed by atoms with Crippen molar-refractivity contribution in [2.75, 3.05) is 5.32 Å². The summed E-state index contributed by atoms with van der Waals surface area (Å²) in [6.45, 7) is 3.70. The number of oxime groups is 1. The maximum absolute atomic E-state index is 12.0. The van der Waals surface area contributed by atoms with Crippen molar-refractivity contribution in [3.05, 3.63) is 28.2 Å². The molecule has 5 nitrogen and oxygen atoms in total. The molecule has 4 N–H and O–H groups in total. The van der Waals surface area contributed by atoms with E-state index in [4.69, 9.17) is 10.9 Å². The number of anilines is 1. The molecule has 0 aliphatic carbocycles. The molecule has 98 valence electrons. The van der Waals surface area contributed by atoms with Crippen LogP contribution in [0.4, 0.5) is 5.69 Å². The van der Waals surface area contributed by atoms with E-state index in [1.807, 2.05) is 19.1 Å². The maximum Gasteiger partial charge on any atom is 0.235 e. The van der Waals surface area contributed by atoms with Crippen molar-refractivity contribution in [3.8, 4) is 0 Å². The molecule has 1 aromatic carbocycles. The van der Waals surface area contributed by atoms with Crippen molar-refractivity contribution in [3.63, 3.8) is 0 Å². The first-order valence-corrected chi connectivity index (χ1v) is 6.33. The SMILES string of the molecule is CCC(C(=O)Nc1ccc(Br)cc1C)/C(N)=N/O. The molecule has 0 radical (unpaired) electrons. The normalized spacial score (nSPS) is 13.2. The lowest BCUT2D eigenvalue weighted by atomic mass is 10.0. The van der Waals surface area contributed by atoms with Crippen molar-refractivity contribution in [2.45, 2.75) is 20.3 Å². The third kappa shape index (κ3) is 3.46. The maximum atomic E-state index is 12.0. The highest BCUT2D eigenvalue weighted by Crippen LogP contribution is 2.21. The van der Waals surface area contributed by atoms with Gasteiger partial charge in [0, 0.05) is 10.2 Å². The second-order valence-corrected chi connectivity index (χ2v) is 4.85. The van der Waals surface area contributed by atoms with Gasteiger partial charge in [-0.2, -0.15) is 0 Å². The van der Waals surface area contributed by atoms with Crippen LogP contribution in [0.2, 0.25) is 0 Å². The number of nitrogens with zero attached hydrogens (tertiary/aromatic N) is 1. The number of halogens is 1. The van der Waals surface area contributed by atoms with Gasteiger partial charge in [0.2, 0.25) is 5.91 Å². The van der Waals surface area contributed by atoms with E-state index in [-0.39, 0.29) is 11.7 Å². The van der Waals surface area contributed by atoms with Crippen molar-refractivity contribution in [1.29, 1.82) is 0 Å². The van der Waals surface area contributed by atoms with Crippen LogP contribution in [0.25, 0.3) is 0 Å². The Kier molecular flexibility index (Phi) is 5.15. The molecule has 0 aliphatic rings. The fraction of sp³-hybridized carbons (Fsp3) is 0.333. The fourth-order valence-corrected chi connectivity index (χ4v) is 2.06. The van der Waals surface area contributed by atoms with Crippen LogP contribution >= 0.6 is 15.9 Å². The number of hydrogen-bond donors (Lipinski definition) is 3. The highest BCUT2D eigenvalue weighted by Gasteiger charge is 2.21. The quantitative estimate of drug-likeness (QED) is 0.345. The summed E-state index contributed by atoms with van der Waals surface area (Å²) < 4.78 is 0.946. The molecule has 0 aromatic heterocycles. The summed E-state index contributed by atoms with van der Waals surface area (Å²) in [6.07, 6.45) is 0.470. The summed E-state index contributed by atoms with van der Waals surface area (Å²) in [7, 11) is 0. The van der Waals surface area contributed by atoms with E-state index in [1.165, 1.54) is 0 Å². The van der Waals surface area contributed by atoms with Gasteiger partial charge in [-0.05, 0) is 37.1 Å². The van der Waals surface area contributed by atoms with E-state index in [2.05, 4.69) is 26.4 Å². The molecule has 0 saturated heterocycles. The standard InChI is InChI=1S/C12H16BrN3O2/c1-3-9(11(14)16-18)12(17)15-10-5-4-8(13)6-7(10)2/h4-6,9,18H,3H2,1-2H3,(H2,14,16)(H,15,17). The van der Waals surface area contributed by atoms with Gasteiger partial charge in [-0.3, -0.25) is 4.79 Å². The summed E-state index contributed by atoms with van der Waals surface area (Å²) in [6, 6.07) is 5.55. The molecular weight excluding hydrogens is 298 g/mol. The van der Waals surface area contributed by atoms with Gasteiger partial charge in [0.05, 0.1) is 5.92 Å². The highest BCUT2D eigenvalue weighted by atomic mass is 79.9. The number of carbonyl (C=O) groups excluding carboxylic acids is 1. The van der Waals surface area contributed by atoms with Crippen LogP contribution in [0.1, 0.15) is 18.9 Å². The number of amides is 1.